The Bertz CT molecular complexity index is 506. The van der Waals surface area contributed by atoms with Gasteiger partial charge in [-0.05, 0) is 58.0 Å². The normalized spacial score (nSPS) is 22.8. The highest BCUT2D eigenvalue weighted by atomic mass is 16.5. The number of ether oxygens (including phenoxy) is 1. The zero-order valence-electron chi connectivity index (χ0n) is 15.9. The number of hydrogen-bond acceptors (Lipinski definition) is 4. The number of nitrogens with one attached hydrogen (secondary N) is 1. The molecule has 1 N–H and O–H groups in total. The third-order valence-corrected chi connectivity index (χ3v) is 5.78. The number of morpholine rings is 1. The highest BCUT2D eigenvalue weighted by Crippen LogP contribution is 2.21. The van der Waals surface area contributed by atoms with Crippen molar-refractivity contribution in [1.29, 1.82) is 0 Å². The van der Waals surface area contributed by atoms with Crippen LogP contribution in [0.4, 0.5) is 0 Å². The van der Waals surface area contributed by atoms with Crippen molar-refractivity contribution in [1.82, 2.24) is 15.1 Å². The van der Waals surface area contributed by atoms with Crippen LogP contribution in [0.3, 0.4) is 0 Å². The number of rotatable bonds is 6. The Morgan fingerprint density at radius 3 is 2.58 bits per heavy atom. The number of amides is 2. The van der Waals surface area contributed by atoms with Crippen LogP contribution in [0.1, 0.15) is 44.9 Å². The first kappa shape index (κ1) is 19.4. The number of piperidine rings is 1. The van der Waals surface area contributed by atoms with Gasteiger partial charge in [0.05, 0.1) is 19.8 Å². The number of carbonyl (C=O) groups excluding carboxylic acids is 2. The average molecular weight is 364 g/mol. The van der Waals surface area contributed by atoms with Crippen LogP contribution in [0.5, 0.6) is 0 Å². The molecule has 0 radical (unpaired) electrons. The summed E-state index contributed by atoms with van der Waals surface area (Å²) in [5.41, 5.74) is 1.50. The predicted molar refractivity (Wildman–Crippen MR) is 101 cm³/mol. The zero-order valence-corrected chi connectivity index (χ0v) is 15.9. The Morgan fingerprint density at radius 2 is 1.88 bits per heavy atom. The molecule has 146 valence electrons. The minimum Gasteiger partial charge on any atom is -0.378 e. The largest absolute Gasteiger partial charge is 0.378 e. The Morgan fingerprint density at radius 1 is 1.12 bits per heavy atom. The van der Waals surface area contributed by atoms with E-state index in [0.29, 0.717) is 19.8 Å². The van der Waals surface area contributed by atoms with Crippen LogP contribution >= 0.6 is 0 Å². The lowest BCUT2D eigenvalue weighted by Gasteiger charge is -2.35. The quantitative estimate of drug-likeness (QED) is 0.728. The van der Waals surface area contributed by atoms with E-state index in [1.807, 2.05) is 4.90 Å². The molecule has 3 aliphatic rings. The van der Waals surface area contributed by atoms with Crippen molar-refractivity contribution in [3.05, 3.63) is 11.6 Å². The van der Waals surface area contributed by atoms with E-state index >= 15 is 0 Å². The molecule has 6 nitrogen and oxygen atoms in total. The average Bonchev–Trinajstić information content (AvgIpc) is 2.69. The summed E-state index contributed by atoms with van der Waals surface area (Å²) < 4.78 is 5.32. The first-order chi connectivity index (χ1) is 12.7. The van der Waals surface area contributed by atoms with Gasteiger partial charge in [0.1, 0.15) is 0 Å². The van der Waals surface area contributed by atoms with Crippen molar-refractivity contribution in [2.24, 2.45) is 5.92 Å². The highest BCUT2D eigenvalue weighted by molar-refractivity contribution is 5.79. The van der Waals surface area contributed by atoms with Crippen LogP contribution in [0.25, 0.3) is 0 Å². The van der Waals surface area contributed by atoms with Gasteiger partial charge in [-0.1, -0.05) is 11.6 Å². The van der Waals surface area contributed by atoms with Gasteiger partial charge in [0, 0.05) is 25.6 Å². The molecule has 0 aromatic heterocycles. The van der Waals surface area contributed by atoms with E-state index in [9.17, 15) is 9.59 Å². The van der Waals surface area contributed by atoms with Gasteiger partial charge in [-0.3, -0.25) is 14.5 Å². The maximum atomic E-state index is 12.5. The molecule has 2 heterocycles. The van der Waals surface area contributed by atoms with Crippen LogP contribution < -0.4 is 5.32 Å². The zero-order chi connectivity index (χ0) is 18.2. The molecule has 2 aliphatic heterocycles. The van der Waals surface area contributed by atoms with Gasteiger partial charge in [-0.15, -0.1) is 0 Å². The van der Waals surface area contributed by atoms with Gasteiger partial charge in [0.15, 0.2) is 0 Å². The summed E-state index contributed by atoms with van der Waals surface area (Å²) in [4.78, 5) is 28.8. The molecule has 0 unspecified atom stereocenters. The summed E-state index contributed by atoms with van der Waals surface area (Å²) in [6, 6.07) is 0. The third-order valence-electron chi connectivity index (χ3n) is 5.78. The molecule has 0 spiro atoms. The molecule has 2 amide bonds. The summed E-state index contributed by atoms with van der Waals surface area (Å²) in [6.07, 6.45) is 10.0. The van der Waals surface area contributed by atoms with Crippen LogP contribution in [0.2, 0.25) is 0 Å². The second-order valence-electron chi connectivity index (χ2n) is 7.70. The van der Waals surface area contributed by atoms with Crippen molar-refractivity contribution in [3.8, 4) is 0 Å². The van der Waals surface area contributed by atoms with Crippen LogP contribution in [0, 0.1) is 5.92 Å². The second-order valence-corrected chi connectivity index (χ2v) is 7.70. The smallest absolute Gasteiger partial charge is 0.234 e. The maximum absolute atomic E-state index is 12.5. The molecule has 2 saturated heterocycles. The molecule has 0 bridgehead atoms. The maximum Gasteiger partial charge on any atom is 0.234 e. The van der Waals surface area contributed by atoms with Crippen molar-refractivity contribution < 1.29 is 14.3 Å². The van der Waals surface area contributed by atoms with Gasteiger partial charge in [-0.2, -0.15) is 0 Å². The van der Waals surface area contributed by atoms with Gasteiger partial charge >= 0.3 is 0 Å². The Hall–Kier alpha value is -1.40. The predicted octanol–water partition coefficient (Wildman–Crippen LogP) is 1.56. The lowest BCUT2D eigenvalue weighted by molar-refractivity contribution is -0.141. The summed E-state index contributed by atoms with van der Waals surface area (Å²) >= 11 is 0. The lowest BCUT2D eigenvalue weighted by Crippen LogP contribution is -2.48. The van der Waals surface area contributed by atoms with Crippen molar-refractivity contribution in [2.45, 2.75) is 44.9 Å². The van der Waals surface area contributed by atoms with Gasteiger partial charge in [0.2, 0.25) is 11.8 Å². The Labute approximate surface area is 156 Å². The molecule has 26 heavy (non-hydrogen) atoms. The topological polar surface area (TPSA) is 61.9 Å². The first-order valence-corrected chi connectivity index (χ1v) is 10.3. The van der Waals surface area contributed by atoms with E-state index in [-0.39, 0.29) is 17.7 Å². The number of likely N-dealkylation sites (tertiary alicyclic amines) is 1. The Balaban J connectivity index is 1.31. The molecular formula is C20H33N3O3. The number of allylic oxidation sites excluding steroid dienone is 1. The fourth-order valence-corrected chi connectivity index (χ4v) is 4.13. The van der Waals surface area contributed by atoms with Crippen molar-refractivity contribution in [3.63, 3.8) is 0 Å². The second kappa shape index (κ2) is 10.1. The van der Waals surface area contributed by atoms with E-state index in [0.717, 1.165) is 52.0 Å². The summed E-state index contributed by atoms with van der Waals surface area (Å²) in [5, 5.41) is 3.05. The summed E-state index contributed by atoms with van der Waals surface area (Å²) in [5.74, 6) is 0.503. The monoisotopic (exact) mass is 363 g/mol. The third kappa shape index (κ3) is 5.81. The van der Waals surface area contributed by atoms with E-state index in [1.165, 1.54) is 31.3 Å². The molecule has 6 heteroatoms. The van der Waals surface area contributed by atoms with Crippen LogP contribution in [0.15, 0.2) is 11.6 Å². The summed E-state index contributed by atoms with van der Waals surface area (Å²) in [6.45, 7) is 5.62. The molecule has 0 aromatic carbocycles. The van der Waals surface area contributed by atoms with Gasteiger partial charge in [-0.25, -0.2) is 0 Å². The van der Waals surface area contributed by atoms with Gasteiger partial charge in [0.25, 0.3) is 0 Å². The van der Waals surface area contributed by atoms with Crippen LogP contribution in [-0.4, -0.2) is 74.1 Å². The van der Waals surface area contributed by atoms with Crippen molar-refractivity contribution >= 4 is 11.8 Å². The molecule has 0 atom stereocenters. The number of nitrogens with zero attached hydrogens (tertiary/aromatic N) is 2. The van der Waals surface area contributed by atoms with Gasteiger partial charge < -0.3 is 15.0 Å². The molecule has 0 saturated carbocycles. The fourth-order valence-electron chi connectivity index (χ4n) is 4.13. The lowest BCUT2D eigenvalue weighted by atomic mass is 9.95. The minimum atomic E-state index is 0.111. The molecule has 2 fully saturated rings. The van der Waals surface area contributed by atoms with Crippen LogP contribution in [-0.2, 0) is 14.3 Å². The Kier molecular flexibility index (Phi) is 7.50. The standard InChI is InChI=1S/C20H33N3O3/c24-19(21-9-6-17-4-2-1-3-5-17)16-22-10-7-18(8-11-22)20(25)23-12-14-26-15-13-23/h4,18H,1-3,5-16H2,(H,21,24). The van der Waals surface area contributed by atoms with E-state index in [1.54, 1.807) is 0 Å². The number of hydrogen-bond donors (Lipinski definition) is 1. The first-order valence-electron chi connectivity index (χ1n) is 10.3. The molecular weight excluding hydrogens is 330 g/mol. The minimum absolute atomic E-state index is 0.111. The fraction of sp³-hybridized carbons (Fsp3) is 0.800. The number of carbonyl (C=O) groups is 2. The summed E-state index contributed by atoms with van der Waals surface area (Å²) in [7, 11) is 0. The molecule has 3 rings (SSSR count). The SMILES string of the molecule is O=C(CN1CCC(C(=O)N2CCOCC2)CC1)NCCC1=CCCCC1. The molecule has 0 aromatic rings. The van der Waals surface area contributed by atoms with Crippen molar-refractivity contribution in [2.75, 3.05) is 52.5 Å². The highest BCUT2D eigenvalue weighted by Gasteiger charge is 2.29. The van der Waals surface area contributed by atoms with E-state index in [4.69, 9.17) is 4.74 Å². The van der Waals surface area contributed by atoms with E-state index < -0.39 is 0 Å². The van der Waals surface area contributed by atoms with E-state index in [2.05, 4.69) is 16.3 Å². The molecule has 1 aliphatic carbocycles.